The first-order valence-corrected chi connectivity index (χ1v) is 7.38. The summed E-state index contributed by atoms with van der Waals surface area (Å²) in [7, 11) is 0. The van der Waals surface area contributed by atoms with Gasteiger partial charge in [-0.2, -0.15) is 0 Å². The van der Waals surface area contributed by atoms with E-state index in [2.05, 4.69) is 15.3 Å². The van der Waals surface area contributed by atoms with Gasteiger partial charge in [-0.3, -0.25) is 0 Å². The van der Waals surface area contributed by atoms with E-state index in [0.717, 1.165) is 29.1 Å². The first-order valence-electron chi connectivity index (χ1n) is 7.38. The lowest BCUT2D eigenvalue weighted by Gasteiger charge is -2.12. The van der Waals surface area contributed by atoms with E-state index >= 15 is 0 Å². The summed E-state index contributed by atoms with van der Waals surface area (Å²) in [4.78, 5) is 9.11. The van der Waals surface area contributed by atoms with E-state index in [4.69, 9.17) is 0 Å². The Morgan fingerprint density at radius 3 is 2.38 bits per heavy atom. The SMILES string of the molecule is Cc1ccc(-c2nc(C)c(CNC3CC3)c(C)n2)cc1F. The number of nitrogens with zero attached hydrogens (tertiary/aromatic N) is 2. The molecule has 0 aliphatic heterocycles. The molecule has 0 amide bonds. The lowest BCUT2D eigenvalue weighted by molar-refractivity contribution is 0.619. The van der Waals surface area contributed by atoms with E-state index in [0.29, 0.717) is 17.4 Å². The van der Waals surface area contributed by atoms with Gasteiger partial charge in [-0.05, 0) is 45.2 Å². The van der Waals surface area contributed by atoms with E-state index < -0.39 is 0 Å². The van der Waals surface area contributed by atoms with Crippen LogP contribution in [0.25, 0.3) is 11.4 Å². The van der Waals surface area contributed by atoms with Crippen LogP contribution in [-0.2, 0) is 6.54 Å². The number of nitrogens with one attached hydrogen (secondary N) is 1. The van der Waals surface area contributed by atoms with Crippen LogP contribution in [0.1, 0.15) is 35.4 Å². The number of rotatable bonds is 4. The maximum Gasteiger partial charge on any atom is 0.159 e. The van der Waals surface area contributed by atoms with Crippen molar-refractivity contribution in [3.8, 4) is 11.4 Å². The van der Waals surface area contributed by atoms with Crippen LogP contribution in [0.2, 0.25) is 0 Å². The molecule has 0 radical (unpaired) electrons. The fourth-order valence-corrected chi connectivity index (χ4v) is 2.39. The van der Waals surface area contributed by atoms with Crippen LogP contribution in [-0.4, -0.2) is 16.0 Å². The van der Waals surface area contributed by atoms with Gasteiger partial charge in [-0.25, -0.2) is 14.4 Å². The van der Waals surface area contributed by atoms with Crippen LogP contribution in [0.5, 0.6) is 0 Å². The maximum absolute atomic E-state index is 13.7. The molecule has 0 bridgehead atoms. The van der Waals surface area contributed by atoms with Gasteiger partial charge >= 0.3 is 0 Å². The minimum atomic E-state index is -0.217. The van der Waals surface area contributed by atoms with Gasteiger partial charge in [0.1, 0.15) is 5.82 Å². The lowest BCUT2D eigenvalue weighted by atomic mass is 10.1. The third-order valence-electron chi connectivity index (χ3n) is 4.00. The Morgan fingerprint density at radius 2 is 1.81 bits per heavy atom. The molecule has 0 atom stereocenters. The molecule has 0 spiro atoms. The molecule has 3 nitrogen and oxygen atoms in total. The van der Waals surface area contributed by atoms with E-state index in [1.807, 2.05) is 19.9 Å². The Bertz CT molecular complexity index is 655. The van der Waals surface area contributed by atoms with E-state index in [1.54, 1.807) is 13.0 Å². The van der Waals surface area contributed by atoms with Crippen LogP contribution in [0, 0.1) is 26.6 Å². The van der Waals surface area contributed by atoms with Gasteiger partial charge in [0.15, 0.2) is 5.82 Å². The minimum Gasteiger partial charge on any atom is -0.310 e. The van der Waals surface area contributed by atoms with Crippen molar-refractivity contribution in [1.29, 1.82) is 0 Å². The minimum absolute atomic E-state index is 0.217. The normalized spacial score (nSPS) is 14.5. The highest BCUT2D eigenvalue weighted by Gasteiger charge is 2.21. The van der Waals surface area contributed by atoms with Crippen molar-refractivity contribution < 1.29 is 4.39 Å². The summed E-state index contributed by atoms with van der Waals surface area (Å²) in [6.07, 6.45) is 2.53. The van der Waals surface area contributed by atoms with Crippen molar-refractivity contribution in [3.05, 3.63) is 46.5 Å². The van der Waals surface area contributed by atoms with Crippen molar-refractivity contribution in [3.63, 3.8) is 0 Å². The van der Waals surface area contributed by atoms with Gasteiger partial charge in [-0.1, -0.05) is 12.1 Å². The molecule has 21 heavy (non-hydrogen) atoms. The zero-order chi connectivity index (χ0) is 15.0. The van der Waals surface area contributed by atoms with Crippen LogP contribution in [0.3, 0.4) is 0 Å². The summed E-state index contributed by atoms with van der Waals surface area (Å²) in [5.41, 5.74) is 4.44. The molecule has 4 heteroatoms. The fraction of sp³-hybridized carbons (Fsp3) is 0.412. The molecule has 0 unspecified atom stereocenters. The van der Waals surface area contributed by atoms with Gasteiger partial charge in [0.05, 0.1) is 0 Å². The number of aryl methyl sites for hydroxylation is 3. The molecule has 2 aromatic rings. The molecular weight excluding hydrogens is 265 g/mol. The van der Waals surface area contributed by atoms with Gasteiger partial charge in [0.2, 0.25) is 0 Å². The Hall–Kier alpha value is -1.81. The third kappa shape index (κ3) is 3.10. The molecule has 0 saturated heterocycles. The van der Waals surface area contributed by atoms with Crippen molar-refractivity contribution in [2.75, 3.05) is 0 Å². The molecule has 3 rings (SSSR count). The highest BCUT2D eigenvalue weighted by molar-refractivity contribution is 5.56. The summed E-state index contributed by atoms with van der Waals surface area (Å²) < 4.78 is 13.7. The number of aromatic nitrogens is 2. The monoisotopic (exact) mass is 285 g/mol. The van der Waals surface area contributed by atoms with Crippen LogP contribution < -0.4 is 5.32 Å². The van der Waals surface area contributed by atoms with Gasteiger partial charge in [-0.15, -0.1) is 0 Å². The largest absolute Gasteiger partial charge is 0.310 e. The maximum atomic E-state index is 13.7. The predicted molar refractivity (Wildman–Crippen MR) is 81.5 cm³/mol. The number of halogens is 1. The van der Waals surface area contributed by atoms with Gasteiger partial charge in [0, 0.05) is 35.1 Å². The first kappa shape index (κ1) is 14.1. The van der Waals surface area contributed by atoms with E-state index in [-0.39, 0.29) is 5.82 Å². The van der Waals surface area contributed by atoms with Crippen molar-refractivity contribution in [2.45, 2.75) is 46.2 Å². The second-order valence-corrected chi connectivity index (χ2v) is 5.82. The lowest BCUT2D eigenvalue weighted by Crippen LogP contribution is -2.18. The quantitative estimate of drug-likeness (QED) is 0.935. The highest BCUT2D eigenvalue weighted by atomic mass is 19.1. The molecule has 1 saturated carbocycles. The summed E-state index contributed by atoms with van der Waals surface area (Å²) >= 11 is 0. The molecule has 1 aromatic carbocycles. The van der Waals surface area contributed by atoms with E-state index in [1.165, 1.54) is 18.9 Å². The number of hydrogen-bond donors (Lipinski definition) is 1. The Balaban J connectivity index is 1.90. The van der Waals surface area contributed by atoms with Crippen molar-refractivity contribution in [2.24, 2.45) is 0 Å². The van der Waals surface area contributed by atoms with Crippen LogP contribution in [0.15, 0.2) is 18.2 Å². The van der Waals surface area contributed by atoms with Gasteiger partial charge < -0.3 is 5.32 Å². The highest BCUT2D eigenvalue weighted by Crippen LogP contribution is 2.23. The summed E-state index contributed by atoms with van der Waals surface area (Å²) in [6, 6.07) is 5.80. The second kappa shape index (κ2) is 5.53. The molecule has 1 N–H and O–H groups in total. The fourth-order valence-electron chi connectivity index (χ4n) is 2.39. The van der Waals surface area contributed by atoms with E-state index in [9.17, 15) is 4.39 Å². The average molecular weight is 285 g/mol. The van der Waals surface area contributed by atoms with Crippen molar-refractivity contribution >= 4 is 0 Å². The predicted octanol–water partition coefficient (Wildman–Crippen LogP) is 3.46. The molecule has 1 fully saturated rings. The average Bonchev–Trinajstić information content (AvgIpc) is 3.25. The summed E-state index contributed by atoms with van der Waals surface area (Å²) in [5.74, 6) is 0.380. The zero-order valence-electron chi connectivity index (χ0n) is 12.7. The first-order chi connectivity index (χ1) is 10.0. The smallest absolute Gasteiger partial charge is 0.159 e. The number of hydrogen-bond acceptors (Lipinski definition) is 3. The third-order valence-corrected chi connectivity index (χ3v) is 4.00. The Labute approximate surface area is 124 Å². The Kier molecular flexibility index (Phi) is 3.72. The molecule has 1 heterocycles. The Morgan fingerprint density at radius 1 is 1.14 bits per heavy atom. The summed E-state index contributed by atoms with van der Waals surface area (Å²) in [5, 5.41) is 3.49. The summed E-state index contributed by atoms with van der Waals surface area (Å²) in [6.45, 7) is 6.55. The molecular formula is C17H20FN3. The molecule has 110 valence electrons. The molecule has 1 aliphatic rings. The topological polar surface area (TPSA) is 37.8 Å². The van der Waals surface area contributed by atoms with Crippen molar-refractivity contribution in [1.82, 2.24) is 15.3 Å². The second-order valence-electron chi connectivity index (χ2n) is 5.82. The van der Waals surface area contributed by atoms with Crippen LogP contribution >= 0.6 is 0 Å². The standard InChI is InChI=1S/C17H20FN3/c1-10-4-5-13(8-16(10)18)17-20-11(2)15(12(3)21-17)9-19-14-6-7-14/h4-5,8,14,19H,6-7,9H2,1-3H3. The van der Waals surface area contributed by atoms with Crippen LogP contribution in [0.4, 0.5) is 4.39 Å². The van der Waals surface area contributed by atoms with Gasteiger partial charge in [0.25, 0.3) is 0 Å². The number of benzene rings is 1. The molecule has 1 aromatic heterocycles. The molecule has 1 aliphatic carbocycles. The zero-order valence-corrected chi connectivity index (χ0v) is 12.7.